The highest BCUT2D eigenvalue weighted by Crippen LogP contribution is 2.38. The Bertz CT molecular complexity index is 550. The van der Waals surface area contributed by atoms with Gasteiger partial charge in [-0.05, 0) is 37.6 Å². The molecule has 1 aliphatic rings. The molecule has 0 saturated carbocycles. The molecule has 2 atom stereocenters. The Morgan fingerprint density at radius 1 is 1.26 bits per heavy atom. The number of rotatable bonds is 2. The van der Waals surface area contributed by atoms with Gasteiger partial charge in [0.05, 0.1) is 5.01 Å². The highest BCUT2D eigenvalue weighted by atomic mass is 35.5. The predicted molar refractivity (Wildman–Crippen MR) is 81.3 cm³/mol. The monoisotopic (exact) mass is 292 g/mol. The third kappa shape index (κ3) is 2.83. The first-order valence-electron chi connectivity index (χ1n) is 6.62. The van der Waals surface area contributed by atoms with E-state index in [9.17, 15) is 0 Å². The zero-order valence-corrected chi connectivity index (χ0v) is 12.5. The number of piperidine rings is 1. The van der Waals surface area contributed by atoms with Crippen molar-refractivity contribution in [3.05, 3.63) is 50.9 Å². The van der Waals surface area contributed by atoms with Crippen LogP contribution in [0.3, 0.4) is 0 Å². The van der Waals surface area contributed by atoms with Crippen molar-refractivity contribution in [3.63, 3.8) is 0 Å². The topological polar surface area (TPSA) is 24.9 Å². The molecule has 0 aliphatic carbocycles. The average Bonchev–Trinajstić information content (AvgIpc) is 2.86. The number of aryl methyl sites for hydroxylation is 1. The second kappa shape index (κ2) is 5.61. The van der Waals surface area contributed by atoms with Gasteiger partial charge in [0.25, 0.3) is 0 Å². The van der Waals surface area contributed by atoms with Crippen molar-refractivity contribution >= 4 is 22.9 Å². The molecule has 1 aliphatic heterocycles. The van der Waals surface area contributed by atoms with E-state index >= 15 is 0 Å². The van der Waals surface area contributed by atoms with Crippen molar-refractivity contribution in [2.45, 2.75) is 25.2 Å². The van der Waals surface area contributed by atoms with Crippen LogP contribution >= 0.6 is 22.9 Å². The molecule has 3 rings (SSSR count). The highest BCUT2D eigenvalue weighted by Gasteiger charge is 2.29. The fourth-order valence-electron chi connectivity index (χ4n) is 2.76. The summed E-state index contributed by atoms with van der Waals surface area (Å²) in [7, 11) is 0. The Balaban J connectivity index is 1.90. The van der Waals surface area contributed by atoms with Crippen LogP contribution in [0.1, 0.15) is 34.5 Å². The molecule has 1 aromatic heterocycles. The molecule has 1 N–H and O–H groups in total. The van der Waals surface area contributed by atoms with Gasteiger partial charge in [0.15, 0.2) is 0 Å². The molecule has 1 aromatic carbocycles. The van der Waals surface area contributed by atoms with Crippen molar-refractivity contribution < 1.29 is 0 Å². The molecule has 2 unspecified atom stereocenters. The SMILES string of the molecule is Cc1csc(C2CCNCC2c2ccc(Cl)cc2)n1. The molecule has 2 aromatic rings. The van der Waals surface area contributed by atoms with Gasteiger partial charge < -0.3 is 5.32 Å². The van der Waals surface area contributed by atoms with Crippen LogP contribution in [0.25, 0.3) is 0 Å². The summed E-state index contributed by atoms with van der Waals surface area (Å²) in [5, 5.41) is 7.72. The van der Waals surface area contributed by atoms with Gasteiger partial charge in [0.1, 0.15) is 0 Å². The number of nitrogens with one attached hydrogen (secondary N) is 1. The number of aromatic nitrogens is 1. The summed E-state index contributed by atoms with van der Waals surface area (Å²) in [6, 6.07) is 8.26. The number of halogens is 1. The van der Waals surface area contributed by atoms with E-state index in [0.717, 1.165) is 30.2 Å². The van der Waals surface area contributed by atoms with E-state index in [0.29, 0.717) is 11.8 Å². The van der Waals surface area contributed by atoms with Gasteiger partial charge in [0, 0.05) is 34.5 Å². The van der Waals surface area contributed by atoms with E-state index in [1.54, 1.807) is 11.3 Å². The molecule has 1 saturated heterocycles. The van der Waals surface area contributed by atoms with Crippen molar-refractivity contribution in [1.82, 2.24) is 10.3 Å². The van der Waals surface area contributed by atoms with Gasteiger partial charge in [-0.2, -0.15) is 0 Å². The van der Waals surface area contributed by atoms with Crippen LogP contribution in [0.2, 0.25) is 5.02 Å². The number of hydrogen-bond donors (Lipinski definition) is 1. The normalized spacial score (nSPS) is 23.5. The van der Waals surface area contributed by atoms with Gasteiger partial charge in [-0.1, -0.05) is 23.7 Å². The molecule has 4 heteroatoms. The summed E-state index contributed by atoms with van der Waals surface area (Å²) in [6.07, 6.45) is 1.15. The minimum absolute atomic E-state index is 0.497. The summed E-state index contributed by atoms with van der Waals surface area (Å²) >= 11 is 7.77. The zero-order chi connectivity index (χ0) is 13.2. The Kier molecular flexibility index (Phi) is 3.87. The number of nitrogens with zero attached hydrogens (tertiary/aromatic N) is 1. The maximum Gasteiger partial charge on any atom is 0.0966 e. The predicted octanol–water partition coefficient (Wildman–Crippen LogP) is 3.97. The maximum absolute atomic E-state index is 5.98. The molecular formula is C15H17ClN2S. The van der Waals surface area contributed by atoms with Crippen molar-refractivity contribution in [1.29, 1.82) is 0 Å². The Morgan fingerprint density at radius 2 is 2.05 bits per heavy atom. The lowest BCUT2D eigenvalue weighted by molar-refractivity contribution is 0.403. The Hall–Kier alpha value is -0.900. The molecular weight excluding hydrogens is 276 g/mol. The fourth-order valence-corrected chi connectivity index (χ4v) is 3.88. The third-order valence-electron chi connectivity index (χ3n) is 3.73. The fraction of sp³-hybridized carbons (Fsp3) is 0.400. The lowest BCUT2D eigenvalue weighted by atomic mass is 9.82. The maximum atomic E-state index is 5.98. The van der Waals surface area contributed by atoms with Gasteiger partial charge in [0.2, 0.25) is 0 Å². The molecule has 2 nitrogen and oxygen atoms in total. The largest absolute Gasteiger partial charge is 0.316 e. The summed E-state index contributed by atoms with van der Waals surface area (Å²) in [5.41, 5.74) is 2.49. The first-order chi connectivity index (χ1) is 9.24. The molecule has 2 heterocycles. The molecule has 19 heavy (non-hydrogen) atoms. The van der Waals surface area contributed by atoms with Gasteiger partial charge in [-0.15, -0.1) is 11.3 Å². The van der Waals surface area contributed by atoms with Gasteiger partial charge >= 0.3 is 0 Å². The van der Waals surface area contributed by atoms with Crippen LogP contribution < -0.4 is 5.32 Å². The molecule has 0 bridgehead atoms. The zero-order valence-electron chi connectivity index (χ0n) is 10.9. The van der Waals surface area contributed by atoms with Crippen molar-refractivity contribution in [3.8, 4) is 0 Å². The quantitative estimate of drug-likeness (QED) is 0.906. The van der Waals surface area contributed by atoms with E-state index in [-0.39, 0.29) is 0 Å². The first kappa shape index (κ1) is 13.1. The summed E-state index contributed by atoms with van der Waals surface area (Å²) in [6.45, 7) is 4.16. The molecule has 0 spiro atoms. The van der Waals surface area contributed by atoms with Gasteiger partial charge in [-0.25, -0.2) is 4.98 Å². The molecule has 0 amide bonds. The van der Waals surface area contributed by atoms with Crippen LogP contribution in [0, 0.1) is 6.92 Å². The first-order valence-corrected chi connectivity index (χ1v) is 7.88. The average molecular weight is 293 g/mol. The van der Waals surface area contributed by atoms with E-state index in [1.165, 1.54) is 10.6 Å². The Morgan fingerprint density at radius 3 is 2.74 bits per heavy atom. The summed E-state index contributed by atoms with van der Waals surface area (Å²) < 4.78 is 0. The smallest absolute Gasteiger partial charge is 0.0966 e. The number of thiazole rings is 1. The third-order valence-corrected chi connectivity index (χ3v) is 5.08. The van der Waals surface area contributed by atoms with Crippen molar-refractivity contribution in [2.75, 3.05) is 13.1 Å². The van der Waals surface area contributed by atoms with E-state index in [2.05, 4.69) is 29.8 Å². The minimum Gasteiger partial charge on any atom is -0.316 e. The van der Waals surface area contributed by atoms with Crippen LogP contribution in [-0.4, -0.2) is 18.1 Å². The van der Waals surface area contributed by atoms with E-state index in [1.807, 2.05) is 12.1 Å². The van der Waals surface area contributed by atoms with E-state index in [4.69, 9.17) is 16.6 Å². The van der Waals surface area contributed by atoms with Crippen LogP contribution in [-0.2, 0) is 0 Å². The molecule has 100 valence electrons. The minimum atomic E-state index is 0.497. The second-order valence-corrected chi connectivity index (χ2v) is 6.41. The van der Waals surface area contributed by atoms with Crippen LogP contribution in [0.15, 0.2) is 29.6 Å². The van der Waals surface area contributed by atoms with E-state index < -0.39 is 0 Å². The van der Waals surface area contributed by atoms with Crippen LogP contribution in [0.5, 0.6) is 0 Å². The number of benzene rings is 1. The Labute approximate surface area is 122 Å². The standard InChI is InChI=1S/C15H17ClN2S/c1-10-9-19-15(18-10)13-6-7-17-8-14(13)11-2-4-12(16)5-3-11/h2-5,9,13-14,17H,6-8H2,1H3. The summed E-state index contributed by atoms with van der Waals surface area (Å²) in [5.74, 6) is 1.03. The highest BCUT2D eigenvalue weighted by molar-refractivity contribution is 7.09. The lowest BCUT2D eigenvalue weighted by Crippen LogP contribution is -2.34. The lowest BCUT2D eigenvalue weighted by Gasteiger charge is -2.31. The van der Waals surface area contributed by atoms with Crippen LogP contribution in [0.4, 0.5) is 0 Å². The summed E-state index contributed by atoms with van der Waals surface area (Å²) in [4.78, 5) is 4.69. The number of hydrogen-bond acceptors (Lipinski definition) is 3. The van der Waals surface area contributed by atoms with Crippen molar-refractivity contribution in [2.24, 2.45) is 0 Å². The molecule has 0 radical (unpaired) electrons. The molecule has 1 fully saturated rings. The second-order valence-electron chi connectivity index (χ2n) is 5.08. The van der Waals surface area contributed by atoms with Gasteiger partial charge in [-0.3, -0.25) is 0 Å².